The lowest BCUT2D eigenvalue weighted by Gasteiger charge is -2.19. The van der Waals surface area contributed by atoms with Gasteiger partial charge in [0.25, 0.3) is 0 Å². The zero-order valence-electron chi connectivity index (χ0n) is 11.3. The van der Waals surface area contributed by atoms with Gasteiger partial charge in [0.05, 0.1) is 19.9 Å². The predicted octanol–water partition coefficient (Wildman–Crippen LogP) is 1.38. The number of ether oxygens (including phenoxy) is 2. The summed E-state index contributed by atoms with van der Waals surface area (Å²) >= 11 is 0. The van der Waals surface area contributed by atoms with Crippen LogP contribution in [0.3, 0.4) is 0 Å². The van der Waals surface area contributed by atoms with E-state index in [0.717, 1.165) is 5.69 Å². The van der Waals surface area contributed by atoms with Crippen LogP contribution in [0.1, 0.15) is 19.5 Å². The SMILES string of the molecule is COC(=O)C(NCc1cccc(OC)n1)C(C)C. The molecule has 1 rings (SSSR count). The van der Waals surface area contributed by atoms with E-state index < -0.39 is 0 Å². The average molecular weight is 252 g/mol. The van der Waals surface area contributed by atoms with Crippen molar-refractivity contribution < 1.29 is 14.3 Å². The van der Waals surface area contributed by atoms with Crippen LogP contribution in [0.5, 0.6) is 5.88 Å². The lowest BCUT2D eigenvalue weighted by Crippen LogP contribution is -2.41. The zero-order valence-corrected chi connectivity index (χ0v) is 11.3. The van der Waals surface area contributed by atoms with Crippen molar-refractivity contribution in [2.24, 2.45) is 5.92 Å². The number of rotatable bonds is 6. The van der Waals surface area contributed by atoms with Crippen molar-refractivity contribution >= 4 is 5.97 Å². The number of aromatic nitrogens is 1. The molecule has 1 N–H and O–H groups in total. The first-order chi connectivity index (χ1) is 8.58. The number of nitrogens with zero attached hydrogens (tertiary/aromatic N) is 1. The first kappa shape index (κ1) is 14.4. The number of carbonyl (C=O) groups is 1. The molecular formula is C13H20N2O3. The summed E-state index contributed by atoms with van der Waals surface area (Å²) in [5.74, 6) is 0.462. The van der Waals surface area contributed by atoms with Gasteiger partial charge in [-0.1, -0.05) is 19.9 Å². The molecule has 1 aromatic rings. The highest BCUT2D eigenvalue weighted by Crippen LogP contribution is 2.08. The van der Waals surface area contributed by atoms with Crippen molar-refractivity contribution in [3.05, 3.63) is 23.9 Å². The van der Waals surface area contributed by atoms with Gasteiger partial charge >= 0.3 is 5.97 Å². The second-order valence-electron chi connectivity index (χ2n) is 4.30. The Balaban J connectivity index is 2.63. The normalized spacial score (nSPS) is 12.3. The molecule has 18 heavy (non-hydrogen) atoms. The fourth-order valence-corrected chi connectivity index (χ4v) is 1.60. The minimum atomic E-state index is -0.331. The minimum absolute atomic E-state index is 0.156. The number of nitrogens with one attached hydrogen (secondary N) is 1. The summed E-state index contributed by atoms with van der Waals surface area (Å²) in [6.07, 6.45) is 0. The van der Waals surface area contributed by atoms with Crippen LogP contribution in [0.2, 0.25) is 0 Å². The third kappa shape index (κ3) is 4.00. The number of hydrogen-bond donors (Lipinski definition) is 1. The fraction of sp³-hybridized carbons (Fsp3) is 0.538. The molecule has 1 aromatic heterocycles. The Hall–Kier alpha value is -1.62. The van der Waals surface area contributed by atoms with Gasteiger partial charge in [0.1, 0.15) is 6.04 Å². The quantitative estimate of drug-likeness (QED) is 0.775. The van der Waals surface area contributed by atoms with E-state index in [2.05, 4.69) is 10.3 Å². The lowest BCUT2D eigenvalue weighted by atomic mass is 10.0. The molecule has 0 amide bonds. The van der Waals surface area contributed by atoms with Gasteiger partial charge in [-0.3, -0.25) is 10.1 Å². The summed E-state index contributed by atoms with van der Waals surface area (Å²) in [4.78, 5) is 15.8. The highest BCUT2D eigenvalue weighted by atomic mass is 16.5. The maximum atomic E-state index is 11.6. The zero-order chi connectivity index (χ0) is 13.5. The highest BCUT2D eigenvalue weighted by Gasteiger charge is 2.22. The Morgan fingerprint density at radius 3 is 2.67 bits per heavy atom. The number of hydrogen-bond acceptors (Lipinski definition) is 5. The molecule has 0 radical (unpaired) electrons. The van der Waals surface area contributed by atoms with Crippen molar-refractivity contribution in [2.45, 2.75) is 26.4 Å². The van der Waals surface area contributed by atoms with E-state index in [-0.39, 0.29) is 17.9 Å². The third-order valence-corrected chi connectivity index (χ3v) is 2.62. The van der Waals surface area contributed by atoms with Crippen molar-refractivity contribution in [3.63, 3.8) is 0 Å². The first-order valence-electron chi connectivity index (χ1n) is 5.89. The van der Waals surface area contributed by atoms with Crippen LogP contribution in [-0.2, 0) is 16.1 Å². The second kappa shape index (κ2) is 6.96. The van der Waals surface area contributed by atoms with Crippen LogP contribution in [0.4, 0.5) is 0 Å². The van der Waals surface area contributed by atoms with E-state index in [1.807, 2.05) is 26.0 Å². The van der Waals surface area contributed by atoms with Crippen molar-refractivity contribution in [1.82, 2.24) is 10.3 Å². The fourth-order valence-electron chi connectivity index (χ4n) is 1.60. The summed E-state index contributed by atoms with van der Waals surface area (Å²) in [6.45, 7) is 4.43. The van der Waals surface area contributed by atoms with Gasteiger partial charge in [0.15, 0.2) is 0 Å². The van der Waals surface area contributed by atoms with Crippen LogP contribution < -0.4 is 10.1 Å². The van der Waals surface area contributed by atoms with Gasteiger partial charge in [-0.05, 0) is 12.0 Å². The van der Waals surface area contributed by atoms with E-state index in [1.165, 1.54) is 7.11 Å². The molecule has 1 atom stereocenters. The Bertz CT molecular complexity index is 394. The maximum Gasteiger partial charge on any atom is 0.323 e. The van der Waals surface area contributed by atoms with E-state index in [4.69, 9.17) is 9.47 Å². The average Bonchev–Trinajstić information content (AvgIpc) is 2.38. The number of pyridine rings is 1. The molecule has 0 fully saturated rings. The number of methoxy groups -OCH3 is 2. The van der Waals surface area contributed by atoms with Crippen LogP contribution in [0.15, 0.2) is 18.2 Å². The monoisotopic (exact) mass is 252 g/mol. The largest absolute Gasteiger partial charge is 0.481 e. The Morgan fingerprint density at radius 2 is 2.11 bits per heavy atom. The van der Waals surface area contributed by atoms with Gasteiger partial charge in [0.2, 0.25) is 5.88 Å². The molecule has 1 unspecified atom stereocenters. The summed E-state index contributed by atoms with van der Waals surface area (Å²) in [6, 6.07) is 5.20. The molecule has 0 saturated heterocycles. The summed E-state index contributed by atoms with van der Waals surface area (Å²) in [5.41, 5.74) is 0.823. The topological polar surface area (TPSA) is 60.5 Å². The predicted molar refractivity (Wildman–Crippen MR) is 68.3 cm³/mol. The third-order valence-electron chi connectivity index (χ3n) is 2.62. The summed E-state index contributed by atoms with van der Waals surface area (Å²) in [5, 5.41) is 3.14. The van der Waals surface area contributed by atoms with E-state index in [9.17, 15) is 4.79 Å². The molecule has 5 nitrogen and oxygen atoms in total. The second-order valence-corrected chi connectivity index (χ2v) is 4.30. The molecule has 0 aliphatic carbocycles. The Labute approximate surface area is 108 Å². The number of carbonyl (C=O) groups excluding carboxylic acids is 1. The Morgan fingerprint density at radius 1 is 1.39 bits per heavy atom. The summed E-state index contributed by atoms with van der Waals surface area (Å²) < 4.78 is 9.81. The van der Waals surface area contributed by atoms with Crippen LogP contribution >= 0.6 is 0 Å². The van der Waals surface area contributed by atoms with Gasteiger partial charge in [-0.25, -0.2) is 4.98 Å². The first-order valence-corrected chi connectivity index (χ1v) is 5.89. The van der Waals surface area contributed by atoms with E-state index in [0.29, 0.717) is 12.4 Å². The van der Waals surface area contributed by atoms with Gasteiger partial charge < -0.3 is 9.47 Å². The Kier molecular flexibility index (Phi) is 5.58. The molecular weight excluding hydrogens is 232 g/mol. The van der Waals surface area contributed by atoms with Crippen LogP contribution in [0.25, 0.3) is 0 Å². The molecule has 0 aliphatic rings. The van der Waals surface area contributed by atoms with Gasteiger partial charge in [-0.15, -0.1) is 0 Å². The minimum Gasteiger partial charge on any atom is -0.481 e. The van der Waals surface area contributed by atoms with E-state index >= 15 is 0 Å². The lowest BCUT2D eigenvalue weighted by molar-refractivity contribution is -0.144. The summed E-state index contributed by atoms with van der Waals surface area (Å²) in [7, 11) is 2.97. The van der Waals surface area contributed by atoms with Crippen LogP contribution in [0, 0.1) is 5.92 Å². The smallest absolute Gasteiger partial charge is 0.323 e. The van der Waals surface area contributed by atoms with Crippen molar-refractivity contribution in [1.29, 1.82) is 0 Å². The standard InChI is InChI=1S/C13H20N2O3/c1-9(2)12(13(16)18-4)14-8-10-6-5-7-11(15-10)17-3/h5-7,9,12,14H,8H2,1-4H3. The van der Waals surface area contributed by atoms with Crippen molar-refractivity contribution in [3.8, 4) is 5.88 Å². The van der Waals surface area contributed by atoms with Crippen LogP contribution in [-0.4, -0.2) is 31.2 Å². The van der Waals surface area contributed by atoms with Crippen molar-refractivity contribution in [2.75, 3.05) is 14.2 Å². The molecule has 5 heteroatoms. The molecule has 100 valence electrons. The molecule has 0 aromatic carbocycles. The molecule has 0 saturated carbocycles. The highest BCUT2D eigenvalue weighted by molar-refractivity contribution is 5.75. The van der Waals surface area contributed by atoms with Gasteiger partial charge in [-0.2, -0.15) is 0 Å². The van der Waals surface area contributed by atoms with E-state index in [1.54, 1.807) is 13.2 Å². The molecule has 0 spiro atoms. The van der Waals surface area contributed by atoms with Gasteiger partial charge in [0, 0.05) is 12.6 Å². The molecule has 0 aliphatic heterocycles. The molecule has 1 heterocycles. The number of esters is 1. The molecule has 0 bridgehead atoms. The maximum absolute atomic E-state index is 11.6.